The van der Waals surface area contributed by atoms with E-state index in [9.17, 15) is 4.57 Å². The van der Waals surface area contributed by atoms with Crippen LogP contribution in [0.15, 0.2) is 60.7 Å². The van der Waals surface area contributed by atoms with Crippen molar-refractivity contribution in [2.45, 2.75) is 18.0 Å². The van der Waals surface area contributed by atoms with Gasteiger partial charge in [0.05, 0.1) is 5.66 Å². The summed E-state index contributed by atoms with van der Waals surface area (Å²) in [6.07, 6.45) is 0.549. The highest BCUT2D eigenvalue weighted by molar-refractivity contribution is 7.54. The predicted octanol–water partition coefficient (Wildman–Crippen LogP) is 4.02. The molecule has 0 saturated carbocycles. The van der Waals surface area contributed by atoms with Crippen LogP contribution in [0.4, 0.5) is 0 Å². The molecule has 0 unspecified atom stereocenters. The Hall–Kier alpha value is -1.45. The van der Waals surface area contributed by atoms with E-state index in [0.717, 1.165) is 11.1 Å². The molecule has 0 aliphatic carbocycles. The third kappa shape index (κ3) is 4.10. The van der Waals surface area contributed by atoms with Gasteiger partial charge in [0.25, 0.3) is 0 Å². The van der Waals surface area contributed by atoms with Gasteiger partial charge in [-0.25, -0.2) is 0 Å². The van der Waals surface area contributed by atoms with Crippen LogP contribution in [0.5, 0.6) is 0 Å². The Bertz CT molecular complexity index is 586. The summed E-state index contributed by atoms with van der Waals surface area (Å²) < 4.78 is 23.7. The molecule has 0 aromatic heterocycles. The maximum absolute atomic E-state index is 13.1. The van der Waals surface area contributed by atoms with Crippen molar-refractivity contribution >= 4 is 7.60 Å². The average Bonchev–Trinajstić information content (AvgIpc) is 2.62. The van der Waals surface area contributed by atoms with Gasteiger partial charge in [0.15, 0.2) is 0 Å². The summed E-state index contributed by atoms with van der Waals surface area (Å²) in [5.74, 6) is -0.105. The van der Waals surface area contributed by atoms with Crippen LogP contribution in [0.2, 0.25) is 0 Å². The average molecular weight is 333 g/mol. The van der Waals surface area contributed by atoms with Crippen LogP contribution in [-0.2, 0) is 13.6 Å². The Labute approximate surface area is 138 Å². The van der Waals surface area contributed by atoms with E-state index in [1.54, 1.807) is 0 Å². The summed E-state index contributed by atoms with van der Waals surface area (Å²) in [7, 11) is -0.412. The first-order valence-electron chi connectivity index (χ1n) is 7.67. The predicted molar refractivity (Wildman–Crippen MR) is 93.8 cm³/mol. The largest absolute Gasteiger partial charge is 0.334 e. The minimum absolute atomic E-state index is 0.105. The zero-order valence-electron chi connectivity index (χ0n) is 13.6. The Kier molecular flexibility index (Phi) is 6.55. The van der Waals surface area contributed by atoms with E-state index in [4.69, 9.17) is 14.8 Å². The summed E-state index contributed by atoms with van der Waals surface area (Å²) >= 11 is 0. The molecule has 0 heterocycles. The molecule has 2 N–H and O–H groups in total. The number of rotatable bonds is 8. The molecule has 5 heteroatoms. The molecule has 23 heavy (non-hydrogen) atoms. The Balaban J connectivity index is 2.56. The first-order valence-corrected chi connectivity index (χ1v) is 9.28. The third-order valence-corrected chi connectivity index (χ3v) is 6.47. The van der Waals surface area contributed by atoms with Crippen molar-refractivity contribution in [1.29, 1.82) is 0 Å². The van der Waals surface area contributed by atoms with Crippen LogP contribution in [0, 0.1) is 0 Å². The van der Waals surface area contributed by atoms with E-state index in [2.05, 4.69) is 0 Å². The highest BCUT2D eigenvalue weighted by atomic mass is 31.2. The van der Waals surface area contributed by atoms with Crippen LogP contribution in [0.1, 0.15) is 23.5 Å². The maximum Gasteiger partial charge on any atom is 0.334 e. The molecule has 0 spiro atoms. The lowest BCUT2D eigenvalue weighted by molar-refractivity contribution is 0.260. The second-order valence-corrected chi connectivity index (χ2v) is 7.82. The van der Waals surface area contributed by atoms with Gasteiger partial charge in [0, 0.05) is 20.1 Å². The minimum atomic E-state index is -3.27. The molecular formula is C18H24NO3P. The van der Waals surface area contributed by atoms with Crippen molar-refractivity contribution in [3.05, 3.63) is 71.8 Å². The van der Waals surface area contributed by atoms with Crippen molar-refractivity contribution in [3.63, 3.8) is 0 Å². The van der Waals surface area contributed by atoms with Gasteiger partial charge in [0.1, 0.15) is 0 Å². The first kappa shape index (κ1) is 17.9. The topological polar surface area (TPSA) is 61.5 Å². The van der Waals surface area contributed by atoms with Crippen molar-refractivity contribution in [2.24, 2.45) is 5.73 Å². The Morgan fingerprint density at radius 2 is 1.35 bits per heavy atom. The highest BCUT2D eigenvalue weighted by Crippen LogP contribution is 2.58. The smallest absolute Gasteiger partial charge is 0.330 e. The van der Waals surface area contributed by atoms with E-state index in [-0.39, 0.29) is 11.6 Å². The zero-order valence-corrected chi connectivity index (χ0v) is 14.5. The van der Waals surface area contributed by atoms with Crippen LogP contribution < -0.4 is 5.73 Å². The quantitative estimate of drug-likeness (QED) is 0.741. The molecule has 4 nitrogen and oxygen atoms in total. The standard InChI is InChI=1S/C18H24NO3P/c1-21-23(20,22-2)17(13-14-19)18(15-9-5-3-6-10-15)16-11-7-4-8-12-16/h3-12,17-18H,13-14,19H2,1-2H3/t17-/m0/s1. The lowest BCUT2D eigenvalue weighted by Crippen LogP contribution is -2.25. The summed E-state index contributed by atoms with van der Waals surface area (Å²) in [5, 5.41) is 0. The summed E-state index contributed by atoms with van der Waals surface area (Å²) in [6.45, 7) is 0.414. The van der Waals surface area contributed by atoms with Gasteiger partial charge >= 0.3 is 7.60 Å². The third-order valence-electron chi connectivity index (χ3n) is 4.08. The molecule has 0 fully saturated rings. The van der Waals surface area contributed by atoms with Crippen LogP contribution >= 0.6 is 7.60 Å². The van der Waals surface area contributed by atoms with Crippen molar-refractivity contribution in [3.8, 4) is 0 Å². The molecule has 1 atom stereocenters. The van der Waals surface area contributed by atoms with E-state index in [0.29, 0.717) is 13.0 Å². The Morgan fingerprint density at radius 3 is 1.70 bits per heavy atom. The molecule has 0 amide bonds. The van der Waals surface area contributed by atoms with Gasteiger partial charge in [0.2, 0.25) is 0 Å². The molecule has 0 saturated heterocycles. The van der Waals surface area contributed by atoms with Crippen molar-refractivity contribution in [1.82, 2.24) is 0 Å². The lowest BCUT2D eigenvalue weighted by atomic mass is 9.87. The monoisotopic (exact) mass is 333 g/mol. The van der Waals surface area contributed by atoms with Gasteiger partial charge in [-0.15, -0.1) is 0 Å². The lowest BCUT2D eigenvalue weighted by Gasteiger charge is -2.32. The second kappa shape index (κ2) is 8.42. The molecule has 2 aromatic carbocycles. The molecule has 0 aliphatic rings. The molecule has 2 aromatic rings. The number of benzene rings is 2. The van der Waals surface area contributed by atoms with Gasteiger partial charge in [-0.2, -0.15) is 0 Å². The Morgan fingerprint density at radius 1 is 0.913 bits per heavy atom. The van der Waals surface area contributed by atoms with Gasteiger partial charge in [-0.1, -0.05) is 60.7 Å². The normalized spacial score (nSPS) is 13.2. The van der Waals surface area contributed by atoms with Gasteiger partial charge in [-0.05, 0) is 24.1 Å². The summed E-state index contributed by atoms with van der Waals surface area (Å²) in [4.78, 5) is 0. The summed E-state index contributed by atoms with van der Waals surface area (Å²) in [5.41, 5.74) is 7.61. The number of nitrogens with two attached hydrogens (primary N) is 1. The van der Waals surface area contributed by atoms with E-state index in [1.807, 2.05) is 60.7 Å². The van der Waals surface area contributed by atoms with Crippen LogP contribution in [0.3, 0.4) is 0 Å². The molecular weight excluding hydrogens is 309 g/mol. The van der Waals surface area contributed by atoms with E-state index >= 15 is 0 Å². The highest BCUT2D eigenvalue weighted by Gasteiger charge is 2.40. The van der Waals surface area contributed by atoms with Crippen LogP contribution in [-0.4, -0.2) is 26.4 Å². The van der Waals surface area contributed by atoms with Crippen LogP contribution in [0.25, 0.3) is 0 Å². The second-order valence-electron chi connectivity index (χ2n) is 5.35. The van der Waals surface area contributed by atoms with Crippen molar-refractivity contribution in [2.75, 3.05) is 20.8 Å². The molecule has 0 bridgehead atoms. The van der Waals surface area contributed by atoms with E-state index in [1.165, 1.54) is 14.2 Å². The SMILES string of the molecule is COP(=O)(OC)[C@@H](CCN)C(c1ccccc1)c1ccccc1. The zero-order chi connectivity index (χ0) is 16.7. The fraction of sp³-hybridized carbons (Fsp3) is 0.333. The minimum Gasteiger partial charge on any atom is -0.330 e. The first-order chi connectivity index (χ1) is 11.2. The fourth-order valence-corrected chi connectivity index (χ4v) is 4.85. The maximum atomic E-state index is 13.1. The summed E-state index contributed by atoms with van der Waals surface area (Å²) in [6, 6.07) is 20.0. The van der Waals surface area contributed by atoms with Gasteiger partial charge < -0.3 is 14.8 Å². The molecule has 0 radical (unpaired) electrons. The van der Waals surface area contributed by atoms with Crippen molar-refractivity contribution < 1.29 is 13.6 Å². The number of hydrogen-bond acceptors (Lipinski definition) is 4. The molecule has 0 aliphatic heterocycles. The van der Waals surface area contributed by atoms with Gasteiger partial charge in [-0.3, -0.25) is 4.57 Å². The fourth-order valence-electron chi connectivity index (χ4n) is 2.98. The van der Waals surface area contributed by atoms with E-state index < -0.39 is 7.60 Å². The number of hydrogen-bond donors (Lipinski definition) is 1. The molecule has 2 rings (SSSR count). The molecule has 124 valence electrons.